The summed E-state index contributed by atoms with van der Waals surface area (Å²) >= 11 is 1.45. The Morgan fingerprint density at radius 3 is 2.50 bits per heavy atom. The normalized spacial score (nSPS) is 16.2. The molecular weight excluding hydrogens is 361 g/mol. The summed E-state index contributed by atoms with van der Waals surface area (Å²) in [6.45, 7) is 4.45. The van der Waals surface area contributed by atoms with Gasteiger partial charge in [-0.15, -0.1) is 10.2 Å². The molecule has 142 valence electrons. The standard InChI is InChI=1S/C18H23F3N4S/c1-2-12-26-17-23-22-16(13-24-10-6-3-7-11-24)25(17)15-9-5-4-8-14(15)18(19,20)21/h4-5,8-9H,2-3,6-7,10-13H2,1H3. The molecule has 0 spiro atoms. The van der Waals surface area contributed by atoms with E-state index in [1.807, 2.05) is 6.92 Å². The zero-order chi connectivity index (χ0) is 18.6. The van der Waals surface area contributed by atoms with E-state index >= 15 is 0 Å². The topological polar surface area (TPSA) is 34.0 Å². The molecule has 1 fully saturated rings. The molecule has 8 heteroatoms. The molecule has 0 bridgehead atoms. The summed E-state index contributed by atoms with van der Waals surface area (Å²) in [6, 6.07) is 5.67. The van der Waals surface area contributed by atoms with Crippen molar-refractivity contribution in [1.29, 1.82) is 0 Å². The Morgan fingerprint density at radius 2 is 1.81 bits per heavy atom. The van der Waals surface area contributed by atoms with Crippen LogP contribution < -0.4 is 0 Å². The average molecular weight is 384 g/mol. The van der Waals surface area contributed by atoms with Crippen molar-refractivity contribution in [3.05, 3.63) is 35.7 Å². The number of hydrogen-bond acceptors (Lipinski definition) is 4. The molecule has 0 N–H and O–H groups in total. The quantitative estimate of drug-likeness (QED) is 0.672. The van der Waals surface area contributed by atoms with Gasteiger partial charge in [-0.25, -0.2) is 0 Å². The number of halogens is 3. The number of thioether (sulfide) groups is 1. The van der Waals surface area contributed by atoms with E-state index in [-0.39, 0.29) is 5.69 Å². The summed E-state index contributed by atoms with van der Waals surface area (Å²) in [7, 11) is 0. The molecule has 1 aliphatic rings. The molecule has 2 heterocycles. The van der Waals surface area contributed by atoms with E-state index < -0.39 is 11.7 Å². The van der Waals surface area contributed by atoms with E-state index in [0.717, 1.165) is 44.2 Å². The maximum Gasteiger partial charge on any atom is 0.418 e. The highest BCUT2D eigenvalue weighted by atomic mass is 32.2. The van der Waals surface area contributed by atoms with Gasteiger partial charge in [0, 0.05) is 5.75 Å². The first-order chi connectivity index (χ1) is 12.5. The fraction of sp³-hybridized carbons (Fsp3) is 0.556. The first-order valence-corrected chi connectivity index (χ1v) is 9.95. The van der Waals surface area contributed by atoms with Crippen LogP contribution in [0.2, 0.25) is 0 Å². The number of alkyl halides is 3. The first kappa shape index (κ1) is 19.2. The number of benzene rings is 1. The fourth-order valence-corrected chi connectivity index (χ4v) is 3.98. The van der Waals surface area contributed by atoms with E-state index in [1.165, 1.54) is 30.3 Å². The fourth-order valence-electron chi connectivity index (χ4n) is 3.16. The minimum absolute atomic E-state index is 0.107. The largest absolute Gasteiger partial charge is 0.418 e. The minimum Gasteiger partial charge on any atom is -0.296 e. The van der Waals surface area contributed by atoms with Crippen LogP contribution >= 0.6 is 11.8 Å². The van der Waals surface area contributed by atoms with E-state index in [4.69, 9.17) is 0 Å². The number of rotatable bonds is 6. The van der Waals surface area contributed by atoms with Crippen LogP contribution in [0.4, 0.5) is 13.2 Å². The maximum atomic E-state index is 13.5. The smallest absolute Gasteiger partial charge is 0.296 e. The molecule has 1 aliphatic heterocycles. The van der Waals surface area contributed by atoms with Crippen LogP contribution in [0.5, 0.6) is 0 Å². The molecule has 0 amide bonds. The van der Waals surface area contributed by atoms with Crippen LogP contribution in [0, 0.1) is 0 Å². The van der Waals surface area contributed by atoms with Crippen molar-refractivity contribution < 1.29 is 13.2 Å². The summed E-state index contributed by atoms with van der Waals surface area (Å²) in [5.74, 6) is 1.36. The zero-order valence-corrected chi connectivity index (χ0v) is 15.6. The van der Waals surface area contributed by atoms with E-state index in [0.29, 0.717) is 17.5 Å². The SMILES string of the molecule is CCCSc1nnc(CN2CCCCC2)n1-c1ccccc1C(F)(F)F. The van der Waals surface area contributed by atoms with Crippen molar-refractivity contribution in [2.45, 2.75) is 50.5 Å². The molecule has 26 heavy (non-hydrogen) atoms. The third kappa shape index (κ3) is 4.40. The number of nitrogens with zero attached hydrogens (tertiary/aromatic N) is 4. The molecule has 1 aromatic carbocycles. The monoisotopic (exact) mass is 384 g/mol. The van der Waals surface area contributed by atoms with Crippen molar-refractivity contribution >= 4 is 11.8 Å². The Balaban J connectivity index is 2.02. The third-order valence-electron chi connectivity index (χ3n) is 4.40. The van der Waals surface area contributed by atoms with Crippen LogP contribution in [0.3, 0.4) is 0 Å². The lowest BCUT2D eigenvalue weighted by molar-refractivity contribution is -0.137. The summed E-state index contributed by atoms with van der Waals surface area (Å²) in [5.41, 5.74) is -0.548. The second-order valence-electron chi connectivity index (χ2n) is 6.43. The highest BCUT2D eigenvalue weighted by molar-refractivity contribution is 7.99. The third-order valence-corrected chi connectivity index (χ3v) is 5.53. The van der Waals surface area contributed by atoms with Crippen LogP contribution in [-0.2, 0) is 12.7 Å². The van der Waals surface area contributed by atoms with Gasteiger partial charge in [-0.1, -0.05) is 37.2 Å². The summed E-state index contributed by atoms with van der Waals surface area (Å²) in [6.07, 6.45) is -0.0665. The number of aromatic nitrogens is 3. The van der Waals surface area contributed by atoms with Crippen LogP contribution in [0.25, 0.3) is 5.69 Å². The van der Waals surface area contributed by atoms with Crippen LogP contribution in [0.1, 0.15) is 44.0 Å². The number of hydrogen-bond donors (Lipinski definition) is 0. The zero-order valence-electron chi connectivity index (χ0n) is 14.8. The molecule has 2 aromatic rings. The van der Waals surface area contributed by atoms with Gasteiger partial charge in [-0.2, -0.15) is 13.2 Å². The van der Waals surface area contributed by atoms with E-state index in [1.54, 1.807) is 10.6 Å². The van der Waals surface area contributed by atoms with Gasteiger partial charge in [0.15, 0.2) is 11.0 Å². The number of likely N-dealkylation sites (tertiary alicyclic amines) is 1. The molecule has 0 aliphatic carbocycles. The van der Waals surface area contributed by atoms with Gasteiger partial charge in [0.2, 0.25) is 0 Å². The summed E-state index contributed by atoms with van der Waals surface area (Å²) < 4.78 is 42.2. The summed E-state index contributed by atoms with van der Waals surface area (Å²) in [4.78, 5) is 2.24. The Morgan fingerprint density at radius 1 is 1.08 bits per heavy atom. The highest BCUT2D eigenvalue weighted by Crippen LogP contribution is 2.36. The molecule has 0 radical (unpaired) electrons. The molecule has 1 aromatic heterocycles. The van der Waals surface area contributed by atoms with Crippen molar-refractivity contribution in [2.75, 3.05) is 18.8 Å². The first-order valence-electron chi connectivity index (χ1n) is 8.96. The van der Waals surface area contributed by atoms with Crippen molar-refractivity contribution in [2.24, 2.45) is 0 Å². The van der Waals surface area contributed by atoms with Gasteiger partial charge >= 0.3 is 6.18 Å². The van der Waals surface area contributed by atoms with Gasteiger partial charge in [0.1, 0.15) is 0 Å². The van der Waals surface area contributed by atoms with Gasteiger partial charge < -0.3 is 0 Å². The molecule has 4 nitrogen and oxygen atoms in total. The number of para-hydroxylation sites is 1. The molecular formula is C18H23F3N4S. The van der Waals surface area contributed by atoms with Gasteiger partial charge in [0.05, 0.1) is 17.8 Å². The van der Waals surface area contributed by atoms with Gasteiger partial charge in [-0.3, -0.25) is 9.47 Å². The summed E-state index contributed by atoms with van der Waals surface area (Å²) in [5, 5.41) is 8.97. The lowest BCUT2D eigenvalue weighted by Crippen LogP contribution is -2.30. The van der Waals surface area contributed by atoms with Crippen LogP contribution in [-0.4, -0.2) is 38.5 Å². The average Bonchev–Trinajstić information content (AvgIpc) is 3.02. The van der Waals surface area contributed by atoms with Gasteiger partial charge in [0.25, 0.3) is 0 Å². The van der Waals surface area contributed by atoms with E-state index in [2.05, 4.69) is 15.1 Å². The molecule has 0 saturated carbocycles. The Kier molecular flexibility index (Phi) is 6.24. The molecule has 0 unspecified atom stereocenters. The van der Waals surface area contributed by atoms with Crippen LogP contribution in [0.15, 0.2) is 29.4 Å². The predicted octanol–water partition coefficient (Wildman–Crippen LogP) is 4.77. The lowest BCUT2D eigenvalue weighted by Gasteiger charge is -2.26. The number of piperidine rings is 1. The minimum atomic E-state index is -4.42. The second kappa shape index (κ2) is 8.43. The van der Waals surface area contributed by atoms with Crippen molar-refractivity contribution in [1.82, 2.24) is 19.7 Å². The molecule has 1 saturated heterocycles. The van der Waals surface area contributed by atoms with Gasteiger partial charge in [-0.05, 0) is 44.5 Å². The van der Waals surface area contributed by atoms with Crippen molar-refractivity contribution in [3.8, 4) is 5.69 Å². The predicted molar refractivity (Wildman–Crippen MR) is 96.5 cm³/mol. The highest BCUT2D eigenvalue weighted by Gasteiger charge is 2.35. The lowest BCUT2D eigenvalue weighted by atomic mass is 10.1. The second-order valence-corrected chi connectivity index (χ2v) is 7.50. The maximum absolute atomic E-state index is 13.5. The van der Waals surface area contributed by atoms with E-state index in [9.17, 15) is 13.2 Å². The molecule has 3 rings (SSSR count). The Labute approximate surface area is 155 Å². The molecule has 0 atom stereocenters. The van der Waals surface area contributed by atoms with Crippen molar-refractivity contribution in [3.63, 3.8) is 0 Å². The Hall–Kier alpha value is -1.54. The Bertz CT molecular complexity index is 723.